The summed E-state index contributed by atoms with van der Waals surface area (Å²) >= 11 is 0. The van der Waals surface area contributed by atoms with Crippen molar-refractivity contribution in [3.63, 3.8) is 0 Å². The van der Waals surface area contributed by atoms with Crippen molar-refractivity contribution in [2.24, 2.45) is 0 Å². The van der Waals surface area contributed by atoms with Crippen LogP contribution in [0.15, 0.2) is 12.1 Å². The molecule has 2 rings (SSSR count). The minimum absolute atomic E-state index is 0.512. The third kappa shape index (κ3) is 2.76. The fourth-order valence-electron chi connectivity index (χ4n) is 2.19. The van der Waals surface area contributed by atoms with Crippen LogP contribution >= 0.6 is 0 Å². The maximum atomic E-state index is 10.1. The highest BCUT2D eigenvalue weighted by atomic mass is 16.5. The van der Waals surface area contributed by atoms with Gasteiger partial charge in [0.05, 0.1) is 19.3 Å². The Morgan fingerprint density at radius 3 is 2.56 bits per heavy atom. The zero-order chi connectivity index (χ0) is 13.0. The van der Waals surface area contributed by atoms with Crippen LogP contribution in [0.1, 0.15) is 30.6 Å². The van der Waals surface area contributed by atoms with E-state index in [0.29, 0.717) is 19.8 Å². The lowest BCUT2D eigenvalue weighted by Gasteiger charge is -2.18. The monoisotopic (exact) mass is 251 g/mol. The van der Waals surface area contributed by atoms with Crippen LogP contribution in [0.5, 0.6) is 11.5 Å². The van der Waals surface area contributed by atoms with Gasteiger partial charge in [-0.25, -0.2) is 0 Å². The third-order valence-electron chi connectivity index (χ3n) is 3.15. The molecule has 1 heterocycles. The van der Waals surface area contributed by atoms with Gasteiger partial charge in [-0.15, -0.1) is 0 Å². The van der Waals surface area contributed by atoms with Crippen LogP contribution in [-0.2, 0) is 6.42 Å². The first-order valence-electron chi connectivity index (χ1n) is 6.51. The molecule has 0 radical (unpaired) electrons. The molecule has 1 atom stereocenters. The van der Waals surface area contributed by atoms with Crippen molar-refractivity contribution in [2.75, 3.05) is 26.8 Å². The zero-order valence-electron chi connectivity index (χ0n) is 11.0. The lowest BCUT2D eigenvalue weighted by molar-refractivity contribution is 0.176. The largest absolute Gasteiger partial charge is 0.490 e. The predicted molar refractivity (Wildman–Crippen MR) is 70.3 cm³/mol. The molecular formula is C14H21NO3. The van der Waals surface area contributed by atoms with E-state index in [9.17, 15) is 5.11 Å². The van der Waals surface area contributed by atoms with Gasteiger partial charge in [-0.3, -0.25) is 0 Å². The van der Waals surface area contributed by atoms with E-state index in [-0.39, 0.29) is 0 Å². The lowest BCUT2D eigenvalue weighted by Crippen LogP contribution is -2.18. The van der Waals surface area contributed by atoms with E-state index >= 15 is 0 Å². The number of rotatable bonds is 4. The number of aryl methyl sites for hydroxylation is 1. The summed E-state index contributed by atoms with van der Waals surface area (Å²) in [6.07, 6.45) is 1.25. The normalized spacial score (nSPS) is 16.2. The molecule has 1 aliphatic heterocycles. The maximum Gasteiger partial charge on any atom is 0.161 e. The van der Waals surface area contributed by atoms with Gasteiger partial charge in [0, 0.05) is 13.0 Å². The van der Waals surface area contributed by atoms with E-state index in [4.69, 9.17) is 9.47 Å². The van der Waals surface area contributed by atoms with Gasteiger partial charge < -0.3 is 19.9 Å². The van der Waals surface area contributed by atoms with Crippen LogP contribution in [0.3, 0.4) is 0 Å². The Kier molecular flexibility index (Phi) is 4.44. The summed E-state index contributed by atoms with van der Waals surface area (Å²) in [5.74, 6) is 1.54. The van der Waals surface area contributed by atoms with E-state index in [2.05, 4.69) is 12.2 Å². The summed E-state index contributed by atoms with van der Waals surface area (Å²) in [5.41, 5.74) is 2.04. The average molecular weight is 251 g/mol. The number of hydrogen-bond acceptors (Lipinski definition) is 4. The van der Waals surface area contributed by atoms with Crippen LogP contribution in [0, 0.1) is 0 Å². The van der Waals surface area contributed by atoms with Gasteiger partial charge in [-0.1, -0.05) is 6.92 Å². The Morgan fingerprint density at radius 2 is 1.94 bits per heavy atom. The highest BCUT2D eigenvalue weighted by molar-refractivity contribution is 5.48. The van der Waals surface area contributed by atoms with Crippen molar-refractivity contribution in [3.05, 3.63) is 23.3 Å². The highest BCUT2D eigenvalue weighted by Gasteiger charge is 2.18. The van der Waals surface area contributed by atoms with Gasteiger partial charge in [-0.05, 0) is 36.7 Å². The van der Waals surface area contributed by atoms with Crippen molar-refractivity contribution in [2.45, 2.75) is 25.9 Å². The fourth-order valence-corrected chi connectivity index (χ4v) is 2.19. The molecule has 1 unspecified atom stereocenters. The second-order valence-electron chi connectivity index (χ2n) is 4.48. The number of hydrogen-bond donors (Lipinski definition) is 2. The van der Waals surface area contributed by atoms with E-state index in [1.807, 2.05) is 19.2 Å². The third-order valence-corrected chi connectivity index (χ3v) is 3.15. The maximum absolute atomic E-state index is 10.1. The van der Waals surface area contributed by atoms with Crippen LogP contribution in [0.4, 0.5) is 0 Å². The number of nitrogens with one attached hydrogen (secondary N) is 1. The van der Waals surface area contributed by atoms with Gasteiger partial charge in [0.2, 0.25) is 0 Å². The van der Waals surface area contributed by atoms with E-state index < -0.39 is 6.10 Å². The summed E-state index contributed by atoms with van der Waals surface area (Å²) < 4.78 is 11.3. The molecule has 1 aromatic rings. The van der Waals surface area contributed by atoms with Crippen LogP contribution < -0.4 is 14.8 Å². The van der Waals surface area contributed by atoms with Crippen molar-refractivity contribution >= 4 is 0 Å². The summed E-state index contributed by atoms with van der Waals surface area (Å²) in [6.45, 7) is 3.97. The van der Waals surface area contributed by atoms with Gasteiger partial charge in [0.15, 0.2) is 11.5 Å². The number of likely N-dealkylation sites (N-methyl/N-ethyl adjacent to an activating group) is 1. The Balaban J connectivity index is 2.36. The van der Waals surface area contributed by atoms with Crippen LogP contribution in [-0.4, -0.2) is 31.9 Å². The summed E-state index contributed by atoms with van der Waals surface area (Å²) in [6, 6.07) is 3.91. The second kappa shape index (κ2) is 6.07. The molecule has 1 aliphatic rings. The van der Waals surface area contributed by atoms with Gasteiger partial charge in [0.1, 0.15) is 0 Å². The van der Waals surface area contributed by atoms with Crippen molar-refractivity contribution in [1.82, 2.24) is 5.32 Å². The molecule has 100 valence electrons. The summed E-state index contributed by atoms with van der Waals surface area (Å²) in [4.78, 5) is 0. The first-order chi connectivity index (χ1) is 8.76. The molecule has 4 heteroatoms. The molecule has 0 bridgehead atoms. The average Bonchev–Trinajstić information content (AvgIpc) is 2.61. The Hall–Kier alpha value is -1.26. The Morgan fingerprint density at radius 1 is 1.28 bits per heavy atom. The number of ether oxygens (including phenoxy) is 2. The SMILES string of the molecule is CCc1cc2c(cc1C(O)CNC)OCCCO2. The molecule has 4 nitrogen and oxygen atoms in total. The van der Waals surface area contributed by atoms with Gasteiger partial charge in [-0.2, -0.15) is 0 Å². The quantitative estimate of drug-likeness (QED) is 0.854. The molecule has 0 aliphatic carbocycles. The summed E-state index contributed by atoms with van der Waals surface area (Å²) in [5, 5.41) is 13.1. The number of fused-ring (bicyclic) bond motifs is 1. The molecular weight excluding hydrogens is 230 g/mol. The molecule has 0 saturated carbocycles. The minimum Gasteiger partial charge on any atom is -0.490 e. The van der Waals surface area contributed by atoms with Gasteiger partial charge >= 0.3 is 0 Å². The molecule has 0 aromatic heterocycles. The van der Waals surface area contributed by atoms with Crippen LogP contribution in [0.25, 0.3) is 0 Å². The van der Waals surface area contributed by atoms with E-state index in [0.717, 1.165) is 35.5 Å². The summed E-state index contributed by atoms with van der Waals surface area (Å²) in [7, 11) is 1.83. The standard InChI is InChI=1S/C14H21NO3/c1-3-10-7-13-14(18-6-4-5-17-13)8-11(10)12(16)9-15-2/h7-8,12,15-16H,3-6,9H2,1-2H3. The van der Waals surface area contributed by atoms with E-state index in [1.165, 1.54) is 0 Å². The van der Waals surface area contributed by atoms with Crippen molar-refractivity contribution < 1.29 is 14.6 Å². The Labute approximate surface area is 108 Å². The molecule has 0 amide bonds. The van der Waals surface area contributed by atoms with Gasteiger partial charge in [0.25, 0.3) is 0 Å². The molecule has 0 saturated heterocycles. The topological polar surface area (TPSA) is 50.7 Å². The molecule has 0 fully saturated rings. The van der Waals surface area contributed by atoms with Crippen molar-refractivity contribution in [3.8, 4) is 11.5 Å². The second-order valence-corrected chi connectivity index (χ2v) is 4.48. The first-order valence-corrected chi connectivity index (χ1v) is 6.51. The molecule has 2 N–H and O–H groups in total. The molecule has 18 heavy (non-hydrogen) atoms. The smallest absolute Gasteiger partial charge is 0.161 e. The number of benzene rings is 1. The lowest BCUT2D eigenvalue weighted by atomic mass is 9.99. The number of aliphatic hydroxyl groups excluding tert-OH is 1. The predicted octanol–water partition coefficient (Wildman–Crippen LogP) is 1.66. The molecule has 1 aromatic carbocycles. The van der Waals surface area contributed by atoms with Crippen molar-refractivity contribution in [1.29, 1.82) is 0 Å². The highest BCUT2D eigenvalue weighted by Crippen LogP contribution is 2.35. The van der Waals surface area contributed by atoms with Crippen LogP contribution in [0.2, 0.25) is 0 Å². The molecule has 0 spiro atoms. The van der Waals surface area contributed by atoms with E-state index in [1.54, 1.807) is 0 Å². The zero-order valence-corrected chi connectivity index (χ0v) is 11.0. The Bertz CT molecular complexity index is 406. The number of aliphatic hydroxyl groups is 1. The first kappa shape index (κ1) is 13.2. The fraction of sp³-hybridized carbons (Fsp3) is 0.571. The minimum atomic E-state index is -0.512.